The zero-order valence-electron chi connectivity index (χ0n) is 14.8. The van der Waals surface area contributed by atoms with Gasteiger partial charge in [-0.15, -0.1) is 0 Å². The van der Waals surface area contributed by atoms with Crippen molar-refractivity contribution in [2.45, 2.75) is 46.5 Å². The maximum atomic E-state index is 12.4. The van der Waals surface area contributed by atoms with E-state index >= 15 is 0 Å². The fraction of sp³-hybridized carbons (Fsp3) is 0.350. The molecule has 2 N–H and O–H groups in total. The number of aryl methyl sites for hydroxylation is 2. The van der Waals surface area contributed by atoms with Gasteiger partial charge in [-0.05, 0) is 55.7 Å². The highest BCUT2D eigenvalue weighted by atomic mass is 16.8. The molecule has 0 aliphatic carbocycles. The van der Waals surface area contributed by atoms with Crippen molar-refractivity contribution < 1.29 is 10.0 Å². The van der Waals surface area contributed by atoms with Crippen LogP contribution >= 0.6 is 0 Å². The summed E-state index contributed by atoms with van der Waals surface area (Å²) in [5.74, 6) is 0.142. The van der Waals surface area contributed by atoms with Crippen molar-refractivity contribution >= 4 is 33.3 Å². The van der Waals surface area contributed by atoms with E-state index in [9.17, 15) is 15.2 Å². The SMILES string of the molecule is CCCCCC(=O)c1ccc2[nH]c3c(C)cc(N([O-])O)c(C)c3c2c1. The largest absolute Gasteiger partial charge is 0.733 e. The smallest absolute Gasteiger partial charge is 0.162 e. The van der Waals surface area contributed by atoms with Crippen LogP contribution in [0.15, 0.2) is 24.3 Å². The first kappa shape index (κ1) is 17.5. The second kappa shape index (κ2) is 6.86. The van der Waals surface area contributed by atoms with Gasteiger partial charge in [0.25, 0.3) is 0 Å². The lowest BCUT2D eigenvalue weighted by molar-refractivity contribution is 0.0979. The molecule has 1 heterocycles. The number of aromatic amines is 1. The molecule has 1 aromatic heterocycles. The Kier molecular flexibility index (Phi) is 4.79. The van der Waals surface area contributed by atoms with Gasteiger partial charge in [-0.1, -0.05) is 19.8 Å². The number of fused-ring (bicyclic) bond motifs is 3. The summed E-state index contributed by atoms with van der Waals surface area (Å²) in [4.78, 5) is 15.8. The third-order valence-corrected chi connectivity index (χ3v) is 4.84. The topological polar surface area (TPSA) is 79.4 Å². The van der Waals surface area contributed by atoms with Crippen molar-refractivity contribution in [2.75, 3.05) is 5.23 Å². The van der Waals surface area contributed by atoms with Crippen LogP contribution in [-0.2, 0) is 0 Å². The van der Waals surface area contributed by atoms with Gasteiger partial charge in [-0.2, -0.15) is 0 Å². The Morgan fingerprint density at radius 2 is 2.00 bits per heavy atom. The highest BCUT2D eigenvalue weighted by molar-refractivity contribution is 6.13. The van der Waals surface area contributed by atoms with Gasteiger partial charge in [0.15, 0.2) is 5.78 Å². The van der Waals surface area contributed by atoms with E-state index in [1.165, 1.54) is 0 Å². The normalized spacial score (nSPS) is 11.4. The lowest BCUT2D eigenvalue weighted by atomic mass is 9.99. The minimum atomic E-state index is -0.0969. The second-order valence-electron chi connectivity index (χ2n) is 6.63. The minimum Gasteiger partial charge on any atom is -0.733 e. The number of carbonyl (C=O) groups excluding carboxylic acids is 1. The van der Waals surface area contributed by atoms with E-state index in [-0.39, 0.29) is 16.7 Å². The third-order valence-electron chi connectivity index (χ3n) is 4.84. The molecule has 0 saturated heterocycles. The summed E-state index contributed by atoms with van der Waals surface area (Å²) in [5.41, 5.74) is 4.32. The first-order valence-electron chi connectivity index (χ1n) is 8.69. The van der Waals surface area contributed by atoms with Crippen molar-refractivity contribution in [3.05, 3.63) is 46.2 Å². The molecule has 0 atom stereocenters. The minimum absolute atomic E-state index is 0.0969. The Morgan fingerprint density at radius 3 is 2.68 bits per heavy atom. The van der Waals surface area contributed by atoms with Gasteiger partial charge >= 0.3 is 0 Å². The quantitative estimate of drug-likeness (QED) is 0.358. The lowest BCUT2D eigenvalue weighted by Crippen LogP contribution is -2.09. The number of rotatable bonds is 6. The van der Waals surface area contributed by atoms with Gasteiger partial charge in [-0.25, -0.2) is 0 Å². The van der Waals surface area contributed by atoms with Crippen LogP contribution in [0.2, 0.25) is 0 Å². The number of aromatic nitrogens is 1. The maximum absolute atomic E-state index is 12.4. The number of H-pyrrole nitrogens is 1. The number of nitrogens with one attached hydrogen (secondary N) is 1. The number of nitrogens with zero attached hydrogens (tertiary/aromatic N) is 1. The number of carbonyl (C=O) groups is 1. The van der Waals surface area contributed by atoms with E-state index in [0.29, 0.717) is 17.5 Å². The van der Waals surface area contributed by atoms with E-state index in [2.05, 4.69) is 11.9 Å². The molecule has 0 bridgehead atoms. The molecule has 0 amide bonds. The molecule has 3 aromatic rings. The van der Waals surface area contributed by atoms with Crippen LogP contribution in [0.25, 0.3) is 21.8 Å². The Balaban J connectivity index is 2.15. The molecule has 0 aliphatic heterocycles. The number of benzene rings is 2. The zero-order chi connectivity index (χ0) is 18.1. The van der Waals surface area contributed by atoms with Gasteiger partial charge in [0.2, 0.25) is 0 Å². The van der Waals surface area contributed by atoms with E-state index in [4.69, 9.17) is 0 Å². The van der Waals surface area contributed by atoms with Gasteiger partial charge in [0, 0.05) is 33.8 Å². The molecule has 132 valence electrons. The summed E-state index contributed by atoms with van der Waals surface area (Å²) in [7, 11) is 0. The molecule has 5 nitrogen and oxygen atoms in total. The first-order chi connectivity index (χ1) is 11.9. The predicted molar refractivity (Wildman–Crippen MR) is 101 cm³/mol. The molecule has 0 unspecified atom stereocenters. The van der Waals surface area contributed by atoms with Gasteiger partial charge < -0.3 is 15.4 Å². The molecule has 0 aliphatic rings. The second-order valence-corrected chi connectivity index (χ2v) is 6.63. The Morgan fingerprint density at radius 1 is 1.24 bits per heavy atom. The average molecular weight is 339 g/mol. The third kappa shape index (κ3) is 3.13. The first-order valence-corrected chi connectivity index (χ1v) is 8.69. The maximum Gasteiger partial charge on any atom is 0.162 e. The summed E-state index contributed by atoms with van der Waals surface area (Å²) >= 11 is 0. The number of ketones is 1. The number of unbranched alkanes of at least 4 members (excludes halogenated alkanes) is 2. The van der Waals surface area contributed by atoms with Gasteiger partial charge in [0.1, 0.15) is 0 Å². The monoisotopic (exact) mass is 339 g/mol. The Bertz CT molecular complexity index is 941. The molecule has 25 heavy (non-hydrogen) atoms. The highest BCUT2D eigenvalue weighted by Gasteiger charge is 2.15. The fourth-order valence-corrected chi connectivity index (χ4v) is 3.44. The summed E-state index contributed by atoms with van der Waals surface area (Å²) in [6, 6.07) is 7.32. The molecule has 3 rings (SSSR count). The fourth-order valence-electron chi connectivity index (χ4n) is 3.44. The van der Waals surface area contributed by atoms with Crippen molar-refractivity contribution in [1.82, 2.24) is 4.98 Å². The number of hydrogen-bond acceptors (Lipinski definition) is 4. The van der Waals surface area contributed by atoms with Crippen LogP contribution in [0.1, 0.15) is 54.1 Å². The summed E-state index contributed by atoms with van der Waals surface area (Å²) in [6.07, 6.45) is 3.59. The summed E-state index contributed by atoms with van der Waals surface area (Å²) in [5, 5.41) is 22.5. The molecule has 0 saturated carbocycles. The summed E-state index contributed by atoms with van der Waals surface area (Å²) in [6.45, 7) is 5.81. The van der Waals surface area contributed by atoms with E-state index in [1.54, 1.807) is 13.0 Å². The van der Waals surface area contributed by atoms with E-state index in [1.807, 2.05) is 25.1 Å². The molecule has 2 aromatic carbocycles. The Labute approximate surface area is 146 Å². The van der Waals surface area contributed by atoms with E-state index < -0.39 is 0 Å². The van der Waals surface area contributed by atoms with Crippen LogP contribution in [-0.4, -0.2) is 16.0 Å². The standard InChI is InChI=1S/C20H23N2O3/c1-4-5-6-7-18(23)14-8-9-16-15(11-14)19-13(3)17(22(24)25)10-12(2)20(19)21-16/h8-11,21,24H,4-7H2,1-3H3/q-1. The zero-order valence-corrected chi connectivity index (χ0v) is 14.8. The number of hydrogen-bond donors (Lipinski definition) is 2. The molecule has 5 heteroatoms. The van der Waals surface area contributed by atoms with Crippen molar-refractivity contribution in [3.8, 4) is 0 Å². The van der Waals surface area contributed by atoms with Gasteiger partial charge in [-0.3, -0.25) is 10.0 Å². The van der Waals surface area contributed by atoms with Crippen molar-refractivity contribution in [3.63, 3.8) is 0 Å². The van der Waals surface area contributed by atoms with Crippen LogP contribution in [0.4, 0.5) is 5.69 Å². The molecule has 0 spiro atoms. The molecule has 0 fully saturated rings. The lowest BCUT2D eigenvalue weighted by Gasteiger charge is -2.24. The summed E-state index contributed by atoms with van der Waals surface area (Å²) < 4.78 is 0. The van der Waals surface area contributed by atoms with Crippen LogP contribution < -0.4 is 5.23 Å². The van der Waals surface area contributed by atoms with E-state index in [0.717, 1.165) is 46.6 Å². The molecular weight excluding hydrogens is 316 g/mol. The van der Waals surface area contributed by atoms with Gasteiger partial charge in [0.05, 0.1) is 5.69 Å². The van der Waals surface area contributed by atoms with Crippen LogP contribution in [0.3, 0.4) is 0 Å². The predicted octanol–water partition coefficient (Wildman–Crippen LogP) is 5.39. The Hall–Kier alpha value is -2.37. The highest BCUT2D eigenvalue weighted by Crippen LogP contribution is 2.36. The average Bonchev–Trinajstić information content (AvgIpc) is 2.97. The molecule has 0 radical (unpaired) electrons. The van der Waals surface area contributed by atoms with Crippen LogP contribution in [0, 0.1) is 19.1 Å². The number of Topliss-reactive ketones (excluding diaryl/α,β-unsaturated/α-hetero) is 1. The van der Waals surface area contributed by atoms with Crippen molar-refractivity contribution in [1.29, 1.82) is 0 Å². The number of anilines is 1. The van der Waals surface area contributed by atoms with Crippen molar-refractivity contribution in [2.24, 2.45) is 0 Å². The molecular formula is C20H23N2O3-. The van der Waals surface area contributed by atoms with Crippen LogP contribution in [0.5, 0.6) is 0 Å².